The van der Waals surface area contributed by atoms with Crippen LogP contribution in [-0.4, -0.2) is 0 Å². The molecule has 87 heavy (non-hydrogen) atoms. The number of hydrogen-bond donors (Lipinski definition) is 0. The lowest BCUT2D eigenvalue weighted by Crippen LogP contribution is -2.24. The highest BCUT2D eigenvalue weighted by atomic mass is 16.3. The lowest BCUT2D eigenvalue weighted by Gasteiger charge is -2.33. The van der Waals surface area contributed by atoms with Gasteiger partial charge < -0.3 is 13.7 Å². The van der Waals surface area contributed by atoms with Gasteiger partial charge in [-0.1, -0.05) is 243 Å². The zero-order valence-electron chi connectivity index (χ0n) is 50.3. The van der Waals surface area contributed by atoms with Gasteiger partial charge in [0, 0.05) is 76.8 Å². The zero-order chi connectivity index (χ0) is 58.6. The Morgan fingerprint density at radius 1 is 0.276 bits per heavy atom. The number of nitrogens with zero attached hydrogens (tertiary/aromatic N) is 1. The van der Waals surface area contributed by atoms with E-state index in [1.807, 2.05) is 0 Å². The van der Waals surface area contributed by atoms with Crippen molar-refractivity contribution in [2.24, 2.45) is 0 Å². The molecule has 4 aliphatic carbocycles. The highest BCUT2D eigenvalue weighted by Gasteiger charge is 2.49. The van der Waals surface area contributed by atoms with Crippen LogP contribution >= 0.6 is 0 Å². The van der Waals surface area contributed by atoms with Crippen molar-refractivity contribution in [2.75, 3.05) is 4.90 Å². The quantitative estimate of drug-likeness (QED) is 0.166. The molecule has 3 heteroatoms. The largest absolute Gasteiger partial charge is 0.455 e. The highest BCUT2D eigenvalue weighted by Crippen LogP contribution is 2.65. The second-order valence-corrected chi connectivity index (χ2v) is 27.0. The van der Waals surface area contributed by atoms with Gasteiger partial charge >= 0.3 is 0 Å². The summed E-state index contributed by atoms with van der Waals surface area (Å²) in [4.78, 5) is 2.59. The Labute approximate surface area is 507 Å². The van der Waals surface area contributed by atoms with Crippen LogP contribution in [0.25, 0.3) is 122 Å². The third kappa shape index (κ3) is 6.61. The van der Waals surface area contributed by atoms with Gasteiger partial charge in [-0.15, -0.1) is 0 Å². The first-order chi connectivity index (χ1) is 42.2. The van der Waals surface area contributed by atoms with E-state index in [0.717, 1.165) is 78.0 Å². The molecule has 2 aromatic heterocycles. The molecule has 0 bridgehead atoms. The van der Waals surface area contributed by atoms with Crippen LogP contribution in [0.4, 0.5) is 17.1 Å². The average molecular weight is 1120 g/mol. The summed E-state index contributed by atoms with van der Waals surface area (Å²) in [6.45, 7) is 19.4. The molecule has 0 unspecified atom stereocenters. The maximum Gasteiger partial charge on any atom is 0.144 e. The topological polar surface area (TPSA) is 29.5 Å². The molecule has 3 nitrogen and oxygen atoms in total. The van der Waals surface area contributed by atoms with Crippen LogP contribution in [0.1, 0.15) is 99.9 Å². The van der Waals surface area contributed by atoms with Gasteiger partial charge in [0.2, 0.25) is 0 Å². The Kier molecular flexibility index (Phi) is 10.1. The summed E-state index contributed by atoms with van der Waals surface area (Å²) in [6.07, 6.45) is 0. The van der Waals surface area contributed by atoms with E-state index < -0.39 is 10.8 Å². The summed E-state index contributed by atoms with van der Waals surface area (Å²) in [7, 11) is 0. The van der Waals surface area contributed by atoms with Gasteiger partial charge in [-0.3, -0.25) is 0 Å². The average Bonchev–Trinajstić information content (AvgIpc) is 1.54. The van der Waals surface area contributed by atoms with Crippen LogP contribution in [0.3, 0.4) is 0 Å². The maximum absolute atomic E-state index is 7.19. The molecule has 18 rings (SSSR count). The number of rotatable bonds is 6. The van der Waals surface area contributed by atoms with E-state index in [2.05, 4.69) is 297 Å². The molecule has 0 amide bonds. The van der Waals surface area contributed by atoms with E-state index in [9.17, 15) is 0 Å². The first-order valence-corrected chi connectivity index (χ1v) is 30.9. The summed E-state index contributed by atoms with van der Waals surface area (Å²) in [5, 5.41) is 4.69. The van der Waals surface area contributed by atoms with Crippen molar-refractivity contribution in [1.29, 1.82) is 0 Å². The molecule has 0 saturated carbocycles. The molecular weight excluding hydrogens is 1050 g/mol. The number of furan rings is 2. The van der Waals surface area contributed by atoms with E-state index in [1.54, 1.807) is 0 Å². The van der Waals surface area contributed by atoms with Crippen LogP contribution in [0.2, 0.25) is 0 Å². The molecule has 416 valence electrons. The van der Waals surface area contributed by atoms with Gasteiger partial charge in [0.05, 0.1) is 5.69 Å². The van der Waals surface area contributed by atoms with Crippen molar-refractivity contribution in [3.05, 3.63) is 281 Å². The standard InChI is InChI=1S/C84H63NO2/c1-81(2)63-34-19-15-28-55(63)56-41-38-50(44-65(56)81)62-47-68-71(73-60-30-17-21-36-69(60)86-79(62)73)58-42-39-51(45-66(58)82(68,3)4)85(78-53(48-24-11-9-12-25-48)32-23-33-54(78)49-26-13-10-14-27-49)52-40-43-59-67(46-52)84(7,8)77-75(59)80-74(61-31-18-22-37-70(61)87-80)72-57-29-16-20-35-64(57)83(5,6)76(72)77/h9-47H,1-8H3. The Morgan fingerprint density at radius 2 is 0.713 bits per heavy atom. The van der Waals surface area contributed by atoms with Gasteiger partial charge in [-0.2, -0.15) is 0 Å². The minimum atomic E-state index is -0.416. The van der Waals surface area contributed by atoms with Gasteiger partial charge in [0.15, 0.2) is 0 Å². The number of hydrogen-bond acceptors (Lipinski definition) is 3. The highest BCUT2D eigenvalue weighted by molar-refractivity contribution is 6.22. The Morgan fingerprint density at radius 3 is 1.36 bits per heavy atom. The molecule has 0 atom stereocenters. The molecule has 14 aromatic rings. The summed E-state index contributed by atoms with van der Waals surface area (Å²) in [5.41, 5.74) is 33.7. The van der Waals surface area contributed by atoms with Gasteiger partial charge in [-0.25, -0.2) is 0 Å². The van der Waals surface area contributed by atoms with Crippen LogP contribution in [0.5, 0.6) is 0 Å². The van der Waals surface area contributed by atoms with E-state index >= 15 is 0 Å². The fourth-order valence-electron chi connectivity index (χ4n) is 16.9. The minimum absolute atomic E-state index is 0.147. The fourth-order valence-corrected chi connectivity index (χ4v) is 16.9. The second-order valence-electron chi connectivity index (χ2n) is 27.0. The smallest absolute Gasteiger partial charge is 0.144 e. The zero-order valence-corrected chi connectivity index (χ0v) is 50.3. The van der Waals surface area contributed by atoms with E-state index in [1.165, 1.54) is 105 Å². The molecular formula is C84H63NO2. The number of fused-ring (bicyclic) bond motifs is 22. The second kappa shape index (κ2) is 17.4. The molecule has 4 aliphatic rings. The Bertz CT molecular complexity index is 5280. The van der Waals surface area contributed by atoms with Crippen molar-refractivity contribution < 1.29 is 8.83 Å². The number of anilines is 3. The van der Waals surface area contributed by atoms with E-state index in [0.29, 0.717) is 0 Å². The Balaban J connectivity index is 0.881. The molecule has 2 heterocycles. The van der Waals surface area contributed by atoms with Gasteiger partial charge in [0.1, 0.15) is 22.3 Å². The first-order valence-electron chi connectivity index (χ1n) is 30.9. The summed E-state index contributed by atoms with van der Waals surface area (Å²) >= 11 is 0. The van der Waals surface area contributed by atoms with E-state index in [4.69, 9.17) is 8.83 Å². The third-order valence-corrected chi connectivity index (χ3v) is 21.0. The predicted molar refractivity (Wildman–Crippen MR) is 362 cm³/mol. The number of benzene rings is 12. The molecule has 0 aliphatic heterocycles. The molecule has 0 fully saturated rings. The maximum atomic E-state index is 7.19. The van der Waals surface area contributed by atoms with Crippen LogP contribution in [0, 0.1) is 0 Å². The van der Waals surface area contributed by atoms with Crippen LogP contribution < -0.4 is 4.90 Å². The van der Waals surface area contributed by atoms with Crippen LogP contribution in [-0.2, 0) is 21.7 Å². The van der Waals surface area contributed by atoms with Crippen molar-refractivity contribution in [1.82, 2.24) is 0 Å². The summed E-state index contributed by atoms with van der Waals surface area (Å²) < 4.78 is 14.3. The Hall–Kier alpha value is -9.96. The van der Waals surface area contributed by atoms with Crippen molar-refractivity contribution in [3.63, 3.8) is 0 Å². The molecule has 0 spiro atoms. The number of para-hydroxylation sites is 3. The van der Waals surface area contributed by atoms with Gasteiger partial charge in [0.25, 0.3) is 0 Å². The normalized spacial score (nSPS) is 15.5. The molecule has 0 radical (unpaired) electrons. The van der Waals surface area contributed by atoms with Crippen LogP contribution in [0.15, 0.2) is 245 Å². The predicted octanol–water partition coefficient (Wildman–Crippen LogP) is 23.2. The van der Waals surface area contributed by atoms with Gasteiger partial charge in [-0.05, 0) is 149 Å². The van der Waals surface area contributed by atoms with Crippen molar-refractivity contribution in [2.45, 2.75) is 77.0 Å². The SMILES string of the molecule is CC1(C)c2ccccc2-c2ccc(-c3cc4c(c5c3oc3ccccc35)-c3ccc(N(c5ccc6c(c5)C(C)(C)c5c7c(c8c(oc9ccccc98)c5-6)-c5ccccc5C7(C)C)c5c(-c6ccccc6)cccc5-c5ccccc5)cc3C4(C)C)cc21. The molecule has 0 saturated heterocycles. The first kappa shape index (κ1) is 50.4. The van der Waals surface area contributed by atoms with Crippen molar-refractivity contribution in [3.8, 4) is 77.9 Å². The lowest BCUT2D eigenvalue weighted by atomic mass is 9.72. The minimum Gasteiger partial charge on any atom is -0.455 e. The fraction of sp³-hybridized carbons (Fsp3) is 0.143. The molecule has 0 N–H and O–H groups in total. The summed E-state index contributed by atoms with van der Waals surface area (Å²) in [5.74, 6) is 0. The van der Waals surface area contributed by atoms with Crippen molar-refractivity contribution >= 4 is 60.9 Å². The third-order valence-electron chi connectivity index (χ3n) is 21.0. The monoisotopic (exact) mass is 1120 g/mol. The lowest BCUT2D eigenvalue weighted by molar-refractivity contribution is 0.600. The molecule has 12 aromatic carbocycles. The summed E-state index contributed by atoms with van der Waals surface area (Å²) in [6, 6.07) is 88.3. The van der Waals surface area contributed by atoms with E-state index in [-0.39, 0.29) is 10.8 Å².